The van der Waals surface area contributed by atoms with E-state index in [9.17, 15) is 13.2 Å². The number of aryl methyl sites for hydroxylation is 1. The summed E-state index contributed by atoms with van der Waals surface area (Å²) in [4.78, 5) is 12.7. The number of ether oxygens (including phenoxy) is 1. The number of sulfonamides is 1. The van der Waals surface area contributed by atoms with E-state index in [0.29, 0.717) is 33.0 Å². The van der Waals surface area contributed by atoms with Gasteiger partial charge in [0.05, 0.1) is 23.4 Å². The number of anilines is 1. The third-order valence-corrected chi connectivity index (χ3v) is 7.69. The number of hydrogen-bond donors (Lipinski definition) is 2. The summed E-state index contributed by atoms with van der Waals surface area (Å²) in [6, 6.07) is 15.1. The summed E-state index contributed by atoms with van der Waals surface area (Å²) in [6.45, 7) is 2.02. The van der Waals surface area contributed by atoms with Gasteiger partial charge in [0.15, 0.2) is 11.5 Å². The molecule has 2 aromatic carbocycles. The van der Waals surface area contributed by atoms with Crippen LogP contribution in [0.25, 0.3) is 5.65 Å². The predicted molar refractivity (Wildman–Crippen MR) is 138 cm³/mol. The molecule has 2 aromatic heterocycles. The molecule has 10 nitrogen and oxygen atoms in total. The van der Waals surface area contributed by atoms with Gasteiger partial charge in [0.1, 0.15) is 10.8 Å². The van der Waals surface area contributed by atoms with E-state index < -0.39 is 10.0 Å². The smallest absolute Gasteiger partial charge is 0.240 e. The van der Waals surface area contributed by atoms with Gasteiger partial charge >= 0.3 is 0 Å². The number of amides is 1. The van der Waals surface area contributed by atoms with Crippen LogP contribution in [-0.2, 0) is 21.2 Å². The Bertz CT molecular complexity index is 1490. The molecule has 0 saturated carbocycles. The number of methoxy groups -OCH3 is 1. The molecule has 0 aliphatic carbocycles. The summed E-state index contributed by atoms with van der Waals surface area (Å²) in [5.74, 6) is 0.843. The van der Waals surface area contributed by atoms with Crippen molar-refractivity contribution < 1.29 is 17.9 Å². The first-order chi connectivity index (χ1) is 17.2. The zero-order chi connectivity index (χ0) is 25.7. The predicted octanol–water partition coefficient (Wildman–Crippen LogP) is 3.35. The van der Waals surface area contributed by atoms with Gasteiger partial charge in [-0.2, -0.15) is 9.61 Å². The maximum Gasteiger partial charge on any atom is 0.240 e. The summed E-state index contributed by atoms with van der Waals surface area (Å²) >= 11 is 7.25. The molecule has 4 aromatic rings. The summed E-state index contributed by atoms with van der Waals surface area (Å²) in [5.41, 5.74) is 1.97. The maximum atomic E-state index is 12.5. The van der Waals surface area contributed by atoms with Crippen molar-refractivity contribution in [3.05, 3.63) is 71.0 Å². The second-order valence-electron chi connectivity index (χ2n) is 7.70. The zero-order valence-corrected chi connectivity index (χ0v) is 21.8. The molecular weight excluding hydrogens is 524 g/mol. The van der Waals surface area contributed by atoms with Crippen LogP contribution in [0.15, 0.2) is 64.5 Å². The van der Waals surface area contributed by atoms with Crippen LogP contribution in [0.2, 0.25) is 5.02 Å². The van der Waals surface area contributed by atoms with Crippen molar-refractivity contribution >= 4 is 50.6 Å². The third kappa shape index (κ3) is 6.32. The van der Waals surface area contributed by atoms with Gasteiger partial charge in [-0.1, -0.05) is 41.1 Å². The second-order valence-corrected chi connectivity index (χ2v) is 10.9. The number of carbonyl (C=O) groups is 1. The van der Waals surface area contributed by atoms with Crippen molar-refractivity contribution in [2.45, 2.75) is 23.3 Å². The van der Waals surface area contributed by atoms with Crippen molar-refractivity contribution in [3.63, 3.8) is 0 Å². The fourth-order valence-corrected chi connectivity index (χ4v) is 5.11. The van der Waals surface area contributed by atoms with Gasteiger partial charge < -0.3 is 10.1 Å². The average Bonchev–Trinajstić information content (AvgIpc) is 3.25. The van der Waals surface area contributed by atoms with Crippen LogP contribution in [0.4, 0.5) is 5.69 Å². The highest BCUT2D eigenvalue weighted by Crippen LogP contribution is 2.28. The first-order valence-electron chi connectivity index (χ1n) is 10.8. The number of benzene rings is 2. The molecule has 36 heavy (non-hydrogen) atoms. The van der Waals surface area contributed by atoms with Crippen LogP contribution < -0.4 is 14.8 Å². The number of hydrogen-bond acceptors (Lipinski definition) is 8. The van der Waals surface area contributed by atoms with E-state index in [-0.39, 0.29) is 29.5 Å². The molecule has 0 bridgehead atoms. The van der Waals surface area contributed by atoms with Crippen LogP contribution in [-0.4, -0.2) is 53.5 Å². The number of nitrogens with zero attached hydrogens (tertiary/aromatic N) is 4. The largest absolute Gasteiger partial charge is 0.495 e. The van der Waals surface area contributed by atoms with Crippen LogP contribution in [0.3, 0.4) is 0 Å². The molecule has 2 N–H and O–H groups in total. The summed E-state index contributed by atoms with van der Waals surface area (Å²) < 4.78 is 34.4. The lowest BCUT2D eigenvalue weighted by atomic mass is 10.2. The summed E-state index contributed by atoms with van der Waals surface area (Å²) in [6.07, 6.45) is 0.280. The molecule has 0 unspecified atom stereocenters. The lowest BCUT2D eigenvalue weighted by Crippen LogP contribution is -2.26. The van der Waals surface area contributed by atoms with E-state index in [1.165, 1.54) is 18.9 Å². The van der Waals surface area contributed by atoms with E-state index in [2.05, 4.69) is 25.3 Å². The molecule has 0 aliphatic rings. The fraction of sp³-hybridized carbons (Fsp3) is 0.217. The Morgan fingerprint density at radius 1 is 1.11 bits per heavy atom. The number of fused-ring (bicyclic) bond motifs is 1. The Hall–Kier alpha value is -3.19. The molecule has 0 radical (unpaired) electrons. The minimum absolute atomic E-state index is 0.0992. The minimum atomic E-state index is -3.64. The van der Waals surface area contributed by atoms with Gasteiger partial charge in [0, 0.05) is 18.0 Å². The molecule has 4 rings (SSSR count). The van der Waals surface area contributed by atoms with Crippen molar-refractivity contribution in [3.8, 4) is 5.75 Å². The molecule has 2 heterocycles. The molecular formula is C23H23ClN6O4S2. The summed E-state index contributed by atoms with van der Waals surface area (Å²) in [5, 5.41) is 16.5. The van der Waals surface area contributed by atoms with Gasteiger partial charge in [0.2, 0.25) is 15.9 Å². The lowest BCUT2D eigenvalue weighted by molar-refractivity contribution is -0.113. The highest BCUT2D eigenvalue weighted by molar-refractivity contribution is 7.99. The topological polar surface area (TPSA) is 128 Å². The number of thioether (sulfide) groups is 1. The lowest BCUT2D eigenvalue weighted by Gasteiger charge is -2.10. The Labute approximate surface area is 217 Å². The SMILES string of the molecule is COc1ccc(Cl)cc1NC(=O)CSc1ccc2nnc(CCNS(=O)(=O)c3ccc(C)cc3)n2n1. The zero-order valence-electron chi connectivity index (χ0n) is 19.4. The number of halogens is 1. The average molecular weight is 547 g/mol. The Morgan fingerprint density at radius 3 is 2.64 bits per heavy atom. The number of carbonyl (C=O) groups excluding carboxylic acids is 1. The standard InChI is InChI=1S/C23H23ClN6O4S2/c1-15-3-6-17(7-4-15)36(32,33)25-12-11-21-28-27-20-9-10-23(29-30(20)21)35-14-22(31)26-18-13-16(24)5-8-19(18)34-2/h3-10,13,25H,11-12,14H2,1-2H3,(H,26,31). The second kappa shape index (κ2) is 11.2. The third-order valence-electron chi connectivity index (χ3n) is 5.06. The molecule has 1 amide bonds. The normalized spacial score (nSPS) is 11.5. The van der Waals surface area contributed by atoms with E-state index in [4.69, 9.17) is 16.3 Å². The number of aromatic nitrogens is 4. The van der Waals surface area contributed by atoms with Crippen molar-refractivity contribution in [2.75, 3.05) is 24.7 Å². The van der Waals surface area contributed by atoms with Gasteiger partial charge in [-0.3, -0.25) is 4.79 Å². The molecule has 188 valence electrons. The van der Waals surface area contributed by atoms with E-state index in [0.717, 1.165) is 5.56 Å². The quantitative estimate of drug-likeness (QED) is 0.290. The molecule has 0 saturated heterocycles. The number of rotatable bonds is 10. The van der Waals surface area contributed by atoms with Crippen LogP contribution in [0.5, 0.6) is 5.75 Å². The van der Waals surface area contributed by atoms with Crippen LogP contribution in [0.1, 0.15) is 11.4 Å². The van der Waals surface area contributed by atoms with Crippen molar-refractivity contribution in [2.24, 2.45) is 0 Å². The first kappa shape index (κ1) is 25.9. The van der Waals surface area contributed by atoms with E-state index in [1.807, 2.05) is 6.92 Å². The van der Waals surface area contributed by atoms with Gasteiger partial charge in [-0.25, -0.2) is 13.1 Å². The van der Waals surface area contributed by atoms with E-state index in [1.54, 1.807) is 59.1 Å². The van der Waals surface area contributed by atoms with Crippen molar-refractivity contribution in [1.29, 1.82) is 0 Å². The minimum Gasteiger partial charge on any atom is -0.495 e. The number of nitrogens with one attached hydrogen (secondary N) is 2. The highest BCUT2D eigenvalue weighted by atomic mass is 35.5. The Morgan fingerprint density at radius 2 is 1.89 bits per heavy atom. The molecule has 0 fully saturated rings. The molecule has 13 heteroatoms. The van der Waals surface area contributed by atoms with Crippen LogP contribution in [0, 0.1) is 6.92 Å². The van der Waals surface area contributed by atoms with Gasteiger partial charge in [0.25, 0.3) is 0 Å². The molecule has 0 atom stereocenters. The Kier molecular flexibility index (Phi) is 8.09. The van der Waals surface area contributed by atoms with Gasteiger partial charge in [-0.05, 0) is 49.4 Å². The monoisotopic (exact) mass is 546 g/mol. The van der Waals surface area contributed by atoms with E-state index >= 15 is 0 Å². The van der Waals surface area contributed by atoms with Gasteiger partial charge in [-0.15, -0.1) is 10.2 Å². The maximum absolute atomic E-state index is 12.5. The van der Waals surface area contributed by atoms with Crippen molar-refractivity contribution in [1.82, 2.24) is 24.5 Å². The van der Waals surface area contributed by atoms with Crippen LogP contribution >= 0.6 is 23.4 Å². The fourth-order valence-electron chi connectivity index (χ4n) is 3.25. The molecule has 0 aliphatic heterocycles. The Balaban J connectivity index is 1.37. The molecule has 0 spiro atoms. The highest BCUT2D eigenvalue weighted by Gasteiger charge is 2.15. The summed E-state index contributed by atoms with van der Waals surface area (Å²) in [7, 11) is -2.13. The first-order valence-corrected chi connectivity index (χ1v) is 13.6.